The first kappa shape index (κ1) is 11.2. The van der Waals surface area contributed by atoms with Crippen LogP contribution in [-0.2, 0) is 0 Å². The molecule has 1 unspecified atom stereocenters. The van der Waals surface area contributed by atoms with E-state index in [1.54, 1.807) is 5.57 Å². The van der Waals surface area contributed by atoms with Crippen molar-refractivity contribution >= 4 is 0 Å². The summed E-state index contributed by atoms with van der Waals surface area (Å²) < 4.78 is 0. The van der Waals surface area contributed by atoms with Crippen LogP contribution < -0.4 is 5.32 Å². The van der Waals surface area contributed by atoms with Crippen molar-refractivity contribution in [3.05, 3.63) is 11.6 Å². The van der Waals surface area contributed by atoms with Crippen LogP contribution in [0.25, 0.3) is 0 Å². The smallest absolute Gasteiger partial charge is 0.0192 e. The van der Waals surface area contributed by atoms with Gasteiger partial charge >= 0.3 is 0 Å². The van der Waals surface area contributed by atoms with E-state index >= 15 is 0 Å². The van der Waals surface area contributed by atoms with Gasteiger partial charge < -0.3 is 10.2 Å². The molecule has 0 aromatic heterocycles. The van der Waals surface area contributed by atoms with Gasteiger partial charge in [0.25, 0.3) is 0 Å². The Morgan fingerprint density at radius 2 is 2.47 bits per heavy atom. The normalized spacial score (nSPS) is 28.1. The average Bonchev–Trinajstić information content (AvgIpc) is 2.79. The Morgan fingerprint density at radius 3 is 3.20 bits per heavy atom. The molecule has 0 spiro atoms. The molecule has 0 aromatic rings. The van der Waals surface area contributed by atoms with Gasteiger partial charge in [-0.15, -0.1) is 0 Å². The van der Waals surface area contributed by atoms with Gasteiger partial charge in [0.15, 0.2) is 0 Å². The Labute approximate surface area is 93.7 Å². The molecule has 2 heteroatoms. The van der Waals surface area contributed by atoms with Crippen molar-refractivity contribution in [2.75, 3.05) is 26.2 Å². The Bertz CT molecular complexity index is 223. The molecule has 2 rings (SSSR count). The summed E-state index contributed by atoms with van der Waals surface area (Å²) in [5.41, 5.74) is 1.71. The number of hydrogen-bond acceptors (Lipinski definition) is 2. The first-order chi connectivity index (χ1) is 7.38. The minimum atomic E-state index is 0.733. The SMILES string of the molecule is CCC1CN(CCC2=CCCC2)CCN1. The highest BCUT2D eigenvalue weighted by atomic mass is 15.2. The summed E-state index contributed by atoms with van der Waals surface area (Å²) in [6, 6.07) is 0.733. The van der Waals surface area contributed by atoms with Crippen molar-refractivity contribution < 1.29 is 0 Å². The molecule has 1 heterocycles. The number of piperazine rings is 1. The second kappa shape index (κ2) is 5.66. The molecule has 2 nitrogen and oxygen atoms in total. The Balaban J connectivity index is 1.69. The van der Waals surface area contributed by atoms with Gasteiger partial charge in [-0.05, 0) is 32.1 Å². The van der Waals surface area contributed by atoms with E-state index in [1.807, 2.05) is 0 Å². The van der Waals surface area contributed by atoms with Gasteiger partial charge in [0.05, 0.1) is 0 Å². The number of hydrogen-bond donors (Lipinski definition) is 1. The van der Waals surface area contributed by atoms with Crippen LogP contribution in [0.4, 0.5) is 0 Å². The van der Waals surface area contributed by atoms with Crippen LogP contribution >= 0.6 is 0 Å². The topological polar surface area (TPSA) is 15.3 Å². The number of nitrogens with one attached hydrogen (secondary N) is 1. The van der Waals surface area contributed by atoms with E-state index in [9.17, 15) is 0 Å². The molecule has 1 aliphatic carbocycles. The molecule has 2 aliphatic rings. The summed E-state index contributed by atoms with van der Waals surface area (Å²) in [4.78, 5) is 2.63. The minimum absolute atomic E-state index is 0.733. The van der Waals surface area contributed by atoms with E-state index in [1.165, 1.54) is 58.3 Å². The van der Waals surface area contributed by atoms with Crippen molar-refractivity contribution in [3.8, 4) is 0 Å². The lowest BCUT2D eigenvalue weighted by Crippen LogP contribution is -2.50. The molecular weight excluding hydrogens is 184 g/mol. The fourth-order valence-corrected chi connectivity index (χ4v) is 2.64. The first-order valence-electron chi connectivity index (χ1n) is 6.52. The highest BCUT2D eigenvalue weighted by molar-refractivity contribution is 5.07. The van der Waals surface area contributed by atoms with Crippen molar-refractivity contribution in [1.82, 2.24) is 10.2 Å². The van der Waals surface area contributed by atoms with Crippen LogP contribution in [0.2, 0.25) is 0 Å². The van der Waals surface area contributed by atoms with Crippen molar-refractivity contribution in [3.63, 3.8) is 0 Å². The number of allylic oxidation sites excluding steroid dienone is 1. The fourth-order valence-electron chi connectivity index (χ4n) is 2.64. The van der Waals surface area contributed by atoms with Crippen molar-refractivity contribution in [2.24, 2.45) is 0 Å². The molecule has 0 saturated carbocycles. The molecular formula is C13H24N2. The highest BCUT2D eigenvalue weighted by Gasteiger charge is 2.17. The van der Waals surface area contributed by atoms with E-state index in [0.29, 0.717) is 0 Å². The van der Waals surface area contributed by atoms with Crippen molar-refractivity contribution in [1.29, 1.82) is 0 Å². The zero-order chi connectivity index (χ0) is 10.5. The third-order valence-corrected chi connectivity index (χ3v) is 3.72. The van der Waals surface area contributed by atoms with Crippen LogP contribution in [0.3, 0.4) is 0 Å². The maximum atomic E-state index is 3.57. The maximum Gasteiger partial charge on any atom is 0.0192 e. The second-order valence-electron chi connectivity index (χ2n) is 4.86. The van der Waals surface area contributed by atoms with Crippen LogP contribution in [0, 0.1) is 0 Å². The molecule has 1 atom stereocenters. The molecule has 0 radical (unpaired) electrons. The predicted molar refractivity (Wildman–Crippen MR) is 65.1 cm³/mol. The number of rotatable bonds is 4. The molecule has 0 aromatic carbocycles. The van der Waals surface area contributed by atoms with Gasteiger partial charge in [0.1, 0.15) is 0 Å². The molecule has 86 valence electrons. The van der Waals surface area contributed by atoms with Crippen LogP contribution in [0.1, 0.15) is 39.0 Å². The molecule has 0 bridgehead atoms. The largest absolute Gasteiger partial charge is 0.311 e. The third kappa shape index (κ3) is 3.32. The predicted octanol–water partition coefficient (Wildman–Crippen LogP) is 2.17. The summed E-state index contributed by atoms with van der Waals surface area (Å²) in [5.74, 6) is 0. The summed E-state index contributed by atoms with van der Waals surface area (Å²) in [5, 5.41) is 3.57. The lowest BCUT2D eigenvalue weighted by atomic mass is 10.1. The molecule has 1 N–H and O–H groups in total. The minimum Gasteiger partial charge on any atom is -0.311 e. The van der Waals surface area contributed by atoms with Crippen LogP contribution in [0.15, 0.2) is 11.6 Å². The quantitative estimate of drug-likeness (QED) is 0.712. The molecule has 1 fully saturated rings. The van der Waals surface area contributed by atoms with Crippen LogP contribution in [-0.4, -0.2) is 37.1 Å². The molecule has 1 aliphatic heterocycles. The van der Waals surface area contributed by atoms with E-state index in [0.717, 1.165) is 6.04 Å². The molecule has 0 amide bonds. The van der Waals surface area contributed by atoms with E-state index in [-0.39, 0.29) is 0 Å². The van der Waals surface area contributed by atoms with Gasteiger partial charge in [0, 0.05) is 32.2 Å². The van der Waals surface area contributed by atoms with Crippen LogP contribution in [0.5, 0.6) is 0 Å². The van der Waals surface area contributed by atoms with Gasteiger partial charge in [0.2, 0.25) is 0 Å². The standard InChI is InChI=1S/C13H24N2/c1-2-13-11-15(10-8-14-13)9-7-12-5-3-4-6-12/h5,13-14H,2-4,6-11H2,1H3. The first-order valence-corrected chi connectivity index (χ1v) is 6.52. The number of nitrogens with zero attached hydrogens (tertiary/aromatic N) is 1. The van der Waals surface area contributed by atoms with Gasteiger partial charge in [-0.1, -0.05) is 18.6 Å². The summed E-state index contributed by atoms with van der Waals surface area (Å²) >= 11 is 0. The third-order valence-electron chi connectivity index (χ3n) is 3.72. The summed E-state index contributed by atoms with van der Waals surface area (Å²) in [6.07, 6.45) is 9.13. The average molecular weight is 208 g/mol. The lowest BCUT2D eigenvalue weighted by molar-refractivity contribution is 0.199. The Kier molecular flexibility index (Phi) is 4.21. The van der Waals surface area contributed by atoms with E-state index in [4.69, 9.17) is 0 Å². The zero-order valence-corrected chi connectivity index (χ0v) is 9.97. The van der Waals surface area contributed by atoms with E-state index < -0.39 is 0 Å². The lowest BCUT2D eigenvalue weighted by Gasteiger charge is -2.33. The Morgan fingerprint density at radius 1 is 1.53 bits per heavy atom. The van der Waals surface area contributed by atoms with Gasteiger partial charge in [-0.3, -0.25) is 0 Å². The monoisotopic (exact) mass is 208 g/mol. The van der Waals surface area contributed by atoms with Gasteiger partial charge in [-0.2, -0.15) is 0 Å². The second-order valence-corrected chi connectivity index (χ2v) is 4.86. The van der Waals surface area contributed by atoms with Gasteiger partial charge in [-0.25, -0.2) is 0 Å². The highest BCUT2D eigenvalue weighted by Crippen LogP contribution is 2.20. The zero-order valence-electron chi connectivity index (χ0n) is 9.97. The molecule has 1 saturated heterocycles. The Hall–Kier alpha value is -0.340. The van der Waals surface area contributed by atoms with Crippen molar-refractivity contribution in [2.45, 2.75) is 45.1 Å². The molecule has 15 heavy (non-hydrogen) atoms. The summed E-state index contributed by atoms with van der Waals surface area (Å²) in [6.45, 7) is 7.23. The maximum absolute atomic E-state index is 3.57. The fraction of sp³-hybridized carbons (Fsp3) is 0.846. The van der Waals surface area contributed by atoms with E-state index in [2.05, 4.69) is 23.2 Å². The summed E-state index contributed by atoms with van der Waals surface area (Å²) in [7, 11) is 0.